The van der Waals surface area contributed by atoms with Crippen LogP contribution < -0.4 is 9.80 Å². The topological polar surface area (TPSA) is 65.6 Å². The average molecular weight is 477 g/mol. The molecule has 4 rings (SSSR count). The molecular weight excluding hydrogens is 439 g/mol. The van der Waals surface area contributed by atoms with Crippen molar-refractivity contribution in [2.45, 2.75) is 44.6 Å². The molecule has 2 fully saturated rings. The van der Waals surface area contributed by atoms with Crippen molar-refractivity contribution >= 4 is 23.4 Å². The number of fused-ring (bicyclic) bond motifs is 2. The maximum atomic E-state index is 15.7. The lowest BCUT2D eigenvalue weighted by Gasteiger charge is -2.39. The average Bonchev–Trinajstić information content (AvgIpc) is 2.99. The lowest BCUT2D eigenvalue weighted by Crippen LogP contribution is -2.50. The number of rotatable bonds is 4. The van der Waals surface area contributed by atoms with Crippen molar-refractivity contribution < 1.29 is 23.5 Å². The van der Waals surface area contributed by atoms with E-state index in [-0.39, 0.29) is 17.8 Å². The Labute approximate surface area is 201 Å². The van der Waals surface area contributed by atoms with Crippen molar-refractivity contribution in [2.24, 2.45) is 0 Å². The van der Waals surface area contributed by atoms with E-state index in [0.717, 1.165) is 38.4 Å². The number of benzene rings is 1. The summed E-state index contributed by atoms with van der Waals surface area (Å²) in [6.45, 7) is 11.2. The van der Waals surface area contributed by atoms with Crippen LogP contribution in [0.15, 0.2) is 12.1 Å². The van der Waals surface area contributed by atoms with Crippen molar-refractivity contribution in [1.82, 2.24) is 9.80 Å². The fourth-order valence-corrected chi connectivity index (χ4v) is 5.35. The van der Waals surface area contributed by atoms with E-state index in [9.17, 15) is 9.59 Å². The van der Waals surface area contributed by atoms with Crippen molar-refractivity contribution in [1.29, 1.82) is 0 Å². The zero-order valence-electron chi connectivity index (χ0n) is 21.0. The largest absolute Gasteiger partial charge is 0.444 e. The Hall–Kier alpha value is -2.39. The van der Waals surface area contributed by atoms with Gasteiger partial charge in [-0.3, -0.25) is 9.69 Å². The number of likely N-dealkylation sites (tertiary alicyclic amines) is 1. The summed E-state index contributed by atoms with van der Waals surface area (Å²) in [4.78, 5) is 33.7. The number of carbonyl (C=O) groups excluding carboxylic acids is 2. The van der Waals surface area contributed by atoms with E-state index in [1.165, 1.54) is 0 Å². The zero-order valence-corrected chi connectivity index (χ0v) is 21.0. The van der Waals surface area contributed by atoms with Gasteiger partial charge >= 0.3 is 6.09 Å². The Morgan fingerprint density at radius 2 is 1.74 bits per heavy atom. The lowest BCUT2D eigenvalue weighted by molar-refractivity contribution is -0.124. The van der Waals surface area contributed by atoms with E-state index >= 15 is 4.39 Å². The Bertz CT molecular complexity index is 932. The van der Waals surface area contributed by atoms with Crippen molar-refractivity contribution in [3.8, 4) is 0 Å². The van der Waals surface area contributed by atoms with Crippen LogP contribution in [-0.2, 0) is 19.7 Å². The Kier molecular flexibility index (Phi) is 6.79. The number of piperidine rings is 1. The number of ether oxygens (including phenoxy) is 2. The van der Waals surface area contributed by atoms with Gasteiger partial charge in [-0.1, -0.05) is 0 Å². The molecule has 0 N–H and O–H groups in total. The summed E-state index contributed by atoms with van der Waals surface area (Å²) in [5.74, 6) is -0.426. The molecule has 8 nitrogen and oxygen atoms in total. The highest BCUT2D eigenvalue weighted by molar-refractivity contribution is 6.08. The van der Waals surface area contributed by atoms with Gasteiger partial charge in [-0.05, 0) is 45.7 Å². The molecule has 2 amide bonds. The van der Waals surface area contributed by atoms with Crippen molar-refractivity contribution in [2.75, 3.05) is 76.4 Å². The van der Waals surface area contributed by atoms with Gasteiger partial charge in [0, 0.05) is 71.2 Å². The van der Waals surface area contributed by atoms with Gasteiger partial charge in [-0.2, -0.15) is 0 Å². The van der Waals surface area contributed by atoms with E-state index in [1.807, 2.05) is 26.8 Å². The van der Waals surface area contributed by atoms with Crippen LogP contribution >= 0.6 is 0 Å². The third-order valence-electron chi connectivity index (χ3n) is 7.23. The summed E-state index contributed by atoms with van der Waals surface area (Å²) in [6.07, 6.45) is 0.384. The molecule has 0 aliphatic carbocycles. The van der Waals surface area contributed by atoms with Gasteiger partial charge < -0.3 is 24.2 Å². The molecule has 0 radical (unpaired) electrons. The van der Waals surface area contributed by atoms with Gasteiger partial charge in [0.05, 0.1) is 17.7 Å². The minimum Gasteiger partial charge on any atom is -0.444 e. The molecule has 0 atom stereocenters. The summed E-state index contributed by atoms with van der Waals surface area (Å²) >= 11 is 0. The molecule has 3 heterocycles. The molecule has 2 saturated heterocycles. The van der Waals surface area contributed by atoms with Gasteiger partial charge in [0.15, 0.2) is 0 Å². The van der Waals surface area contributed by atoms with E-state index in [1.54, 1.807) is 30.0 Å². The molecule has 3 aliphatic heterocycles. The monoisotopic (exact) mass is 476 g/mol. The molecule has 0 unspecified atom stereocenters. The van der Waals surface area contributed by atoms with Crippen LogP contribution in [0.4, 0.5) is 20.6 Å². The van der Waals surface area contributed by atoms with Gasteiger partial charge in [-0.25, -0.2) is 9.18 Å². The van der Waals surface area contributed by atoms with Crippen LogP contribution in [0.1, 0.15) is 39.2 Å². The number of halogens is 1. The van der Waals surface area contributed by atoms with Crippen LogP contribution in [0.3, 0.4) is 0 Å². The normalized spacial score (nSPS) is 20.8. The summed E-state index contributed by atoms with van der Waals surface area (Å²) < 4.78 is 26.3. The standard InChI is InChI=1S/C25H37FN4O4/c1-24(2,3)34-23(32)30-8-6-25(7-9-30)21-19(26)16-18(17-20(21)27(4)22(25)31)29-12-10-28(11-13-29)14-15-33-5/h16-17H,6-15H2,1-5H3. The molecular formula is C25H37FN4O4. The first kappa shape index (κ1) is 24.7. The second-order valence-electron chi connectivity index (χ2n) is 10.6. The molecule has 0 aromatic heterocycles. The predicted octanol–water partition coefficient (Wildman–Crippen LogP) is 2.84. The van der Waals surface area contributed by atoms with Crippen LogP contribution in [0.2, 0.25) is 0 Å². The number of hydrogen-bond donors (Lipinski definition) is 0. The lowest BCUT2D eigenvalue weighted by atomic mass is 9.73. The molecule has 0 bridgehead atoms. The number of likely N-dealkylation sites (N-methyl/N-ethyl adjacent to an activating group) is 1. The molecule has 188 valence electrons. The molecule has 9 heteroatoms. The van der Waals surface area contributed by atoms with Crippen molar-refractivity contribution in [3.05, 3.63) is 23.5 Å². The number of anilines is 2. The van der Waals surface area contributed by atoms with Crippen molar-refractivity contribution in [3.63, 3.8) is 0 Å². The van der Waals surface area contributed by atoms with Gasteiger partial charge in [0.1, 0.15) is 11.4 Å². The van der Waals surface area contributed by atoms with Gasteiger partial charge in [0.25, 0.3) is 0 Å². The highest BCUT2D eigenvalue weighted by Crippen LogP contribution is 2.50. The number of piperazine rings is 1. The Morgan fingerprint density at radius 1 is 1.09 bits per heavy atom. The Balaban J connectivity index is 1.51. The third-order valence-corrected chi connectivity index (χ3v) is 7.23. The number of hydrogen-bond acceptors (Lipinski definition) is 6. The van der Waals surface area contributed by atoms with Crippen LogP contribution in [-0.4, -0.2) is 94.0 Å². The zero-order chi connectivity index (χ0) is 24.7. The summed E-state index contributed by atoms with van der Waals surface area (Å²) in [6, 6.07) is 3.54. The summed E-state index contributed by atoms with van der Waals surface area (Å²) in [5.41, 5.74) is 0.425. The SMILES string of the molecule is COCCN1CCN(c2cc(F)c3c(c2)N(C)C(=O)C32CCN(C(=O)OC(C)(C)C)CC2)CC1. The van der Waals surface area contributed by atoms with Gasteiger partial charge in [0.2, 0.25) is 5.91 Å². The number of methoxy groups -OCH3 is 1. The molecule has 3 aliphatic rings. The minimum absolute atomic E-state index is 0.0910. The predicted molar refractivity (Wildman–Crippen MR) is 129 cm³/mol. The number of carbonyl (C=O) groups is 2. The molecule has 0 saturated carbocycles. The fourth-order valence-electron chi connectivity index (χ4n) is 5.35. The minimum atomic E-state index is -0.927. The first-order valence-corrected chi connectivity index (χ1v) is 12.1. The smallest absolute Gasteiger partial charge is 0.410 e. The summed E-state index contributed by atoms with van der Waals surface area (Å²) in [7, 11) is 3.43. The molecule has 34 heavy (non-hydrogen) atoms. The third kappa shape index (κ3) is 4.60. The van der Waals surface area contributed by atoms with Crippen LogP contribution in [0.25, 0.3) is 0 Å². The van der Waals surface area contributed by atoms with E-state index in [2.05, 4.69) is 9.80 Å². The number of amides is 2. The Morgan fingerprint density at radius 3 is 2.32 bits per heavy atom. The molecule has 1 aromatic rings. The molecule has 1 aromatic carbocycles. The molecule has 1 spiro atoms. The van der Waals surface area contributed by atoms with E-state index in [4.69, 9.17) is 9.47 Å². The second kappa shape index (κ2) is 9.34. The quantitative estimate of drug-likeness (QED) is 0.666. The van der Waals surface area contributed by atoms with E-state index < -0.39 is 11.0 Å². The van der Waals surface area contributed by atoms with Crippen LogP contribution in [0.5, 0.6) is 0 Å². The highest BCUT2D eigenvalue weighted by Gasteiger charge is 2.53. The first-order valence-electron chi connectivity index (χ1n) is 12.1. The first-order chi connectivity index (χ1) is 16.1. The fraction of sp³-hybridized carbons (Fsp3) is 0.680. The second-order valence-corrected chi connectivity index (χ2v) is 10.6. The summed E-state index contributed by atoms with van der Waals surface area (Å²) in [5, 5.41) is 0. The maximum Gasteiger partial charge on any atom is 0.410 e. The van der Waals surface area contributed by atoms with E-state index in [0.29, 0.717) is 43.8 Å². The van der Waals surface area contributed by atoms with Gasteiger partial charge in [-0.15, -0.1) is 0 Å². The van der Waals surface area contributed by atoms with Crippen LogP contribution in [0, 0.1) is 5.82 Å². The maximum absolute atomic E-state index is 15.7. The number of nitrogens with zero attached hydrogens (tertiary/aromatic N) is 4. The highest BCUT2D eigenvalue weighted by atomic mass is 19.1.